The number of nitrogens with zero attached hydrogens (tertiary/aromatic N) is 2. The van der Waals surface area contributed by atoms with Crippen LogP contribution in [-0.2, 0) is 22.5 Å². The van der Waals surface area contributed by atoms with Gasteiger partial charge in [0.05, 0.1) is 24.9 Å². The lowest BCUT2D eigenvalue weighted by molar-refractivity contribution is -0.0452. The van der Waals surface area contributed by atoms with Crippen LogP contribution in [-0.4, -0.2) is 47.8 Å². The molecule has 0 amide bonds. The van der Waals surface area contributed by atoms with Gasteiger partial charge in [-0.2, -0.15) is 0 Å². The van der Waals surface area contributed by atoms with Gasteiger partial charge in [0, 0.05) is 38.4 Å². The second kappa shape index (κ2) is 8.30. The Kier molecular flexibility index (Phi) is 5.63. The zero-order valence-electron chi connectivity index (χ0n) is 15.3. The summed E-state index contributed by atoms with van der Waals surface area (Å²) >= 11 is 0. The van der Waals surface area contributed by atoms with E-state index < -0.39 is 0 Å². The Labute approximate surface area is 156 Å². The molecule has 2 fully saturated rings. The van der Waals surface area contributed by atoms with Gasteiger partial charge in [-0.1, -0.05) is 30.3 Å². The Morgan fingerprint density at radius 1 is 1.04 bits per heavy atom. The lowest BCUT2D eigenvalue weighted by Gasteiger charge is -2.38. The number of benzene rings is 1. The highest BCUT2D eigenvalue weighted by atomic mass is 16.6. The molecule has 2 aliphatic rings. The number of pyridine rings is 1. The molecule has 0 saturated carbocycles. The monoisotopic (exact) mass is 352 g/mol. The van der Waals surface area contributed by atoms with Crippen LogP contribution < -0.4 is 0 Å². The largest absolute Gasteiger partial charge is 0.372 e. The van der Waals surface area contributed by atoms with Crippen molar-refractivity contribution < 1.29 is 9.47 Å². The van der Waals surface area contributed by atoms with Crippen LogP contribution in [0.25, 0.3) is 0 Å². The molecular formula is C22H28N2O2. The van der Waals surface area contributed by atoms with Crippen molar-refractivity contribution >= 4 is 0 Å². The summed E-state index contributed by atoms with van der Waals surface area (Å²) in [4.78, 5) is 6.63. The average molecular weight is 352 g/mol. The first-order valence-electron chi connectivity index (χ1n) is 9.72. The summed E-state index contributed by atoms with van der Waals surface area (Å²) < 4.78 is 12.3. The zero-order valence-corrected chi connectivity index (χ0v) is 15.3. The third-order valence-electron chi connectivity index (χ3n) is 5.74. The van der Waals surface area contributed by atoms with Gasteiger partial charge in [0.25, 0.3) is 0 Å². The van der Waals surface area contributed by atoms with Crippen LogP contribution in [0.5, 0.6) is 0 Å². The molecule has 0 N–H and O–H groups in total. The van der Waals surface area contributed by atoms with E-state index in [-0.39, 0.29) is 11.7 Å². The quantitative estimate of drug-likeness (QED) is 0.797. The van der Waals surface area contributed by atoms with E-state index in [9.17, 15) is 0 Å². The van der Waals surface area contributed by atoms with Crippen LogP contribution in [0.3, 0.4) is 0 Å². The summed E-state index contributed by atoms with van der Waals surface area (Å²) in [5.41, 5.74) is 2.65. The molecule has 138 valence electrons. The molecule has 2 saturated heterocycles. The van der Waals surface area contributed by atoms with Gasteiger partial charge < -0.3 is 14.4 Å². The minimum atomic E-state index is 0.0478. The molecule has 2 aliphatic heterocycles. The van der Waals surface area contributed by atoms with E-state index in [1.165, 1.54) is 11.1 Å². The van der Waals surface area contributed by atoms with E-state index in [0.29, 0.717) is 6.61 Å². The highest BCUT2D eigenvalue weighted by Crippen LogP contribution is 2.37. The van der Waals surface area contributed by atoms with Crippen molar-refractivity contribution in [2.45, 2.75) is 44.0 Å². The number of piperidine rings is 1. The first kappa shape index (κ1) is 17.7. The van der Waals surface area contributed by atoms with Gasteiger partial charge in [0.1, 0.15) is 0 Å². The van der Waals surface area contributed by atoms with E-state index in [1.807, 2.05) is 24.5 Å². The minimum absolute atomic E-state index is 0.0478. The van der Waals surface area contributed by atoms with E-state index in [1.54, 1.807) is 0 Å². The molecule has 4 heteroatoms. The third-order valence-corrected chi connectivity index (χ3v) is 5.74. The molecule has 1 spiro atoms. The summed E-state index contributed by atoms with van der Waals surface area (Å²) in [6.45, 7) is 4.78. The maximum atomic E-state index is 6.23. The molecular weight excluding hydrogens is 324 g/mol. The maximum absolute atomic E-state index is 6.23. The predicted octanol–water partition coefficient (Wildman–Crippen LogP) is 3.46. The molecule has 1 atom stereocenters. The number of rotatable bonds is 6. The number of hydrogen-bond acceptors (Lipinski definition) is 4. The van der Waals surface area contributed by atoms with Gasteiger partial charge in [0.2, 0.25) is 0 Å². The smallest absolute Gasteiger partial charge is 0.0840 e. The molecule has 26 heavy (non-hydrogen) atoms. The molecule has 0 bridgehead atoms. The van der Waals surface area contributed by atoms with Gasteiger partial charge in [-0.25, -0.2) is 0 Å². The summed E-state index contributed by atoms with van der Waals surface area (Å²) in [5.74, 6) is 0. The van der Waals surface area contributed by atoms with Crippen molar-refractivity contribution in [1.82, 2.24) is 9.88 Å². The van der Waals surface area contributed by atoms with E-state index >= 15 is 0 Å². The van der Waals surface area contributed by atoms with Crippen LogP contribution in [0.4, 0.5) is 0 Å². The third kappa shape index (κ3) is 4.50. The molecule has 4 nitrogen and oxygen atoms in total. The van der Waals surface area contributed by atoms with Crippen molar-refractivity contribution in [3.05, 3.63) is 66.0 Å². The standard InChI is InChI=1S/C22H28N2O2/c1-2-4-19(5-3-1)8-13-24-14-9-22(10-15-24)16-21(18-26-22)25-17-20-6-11-23-12-7-20/h1-7,11-12,21H,8-10,13-18H2/t21-/m0/s1. The highest BCUT2D eigenvalue weighted by Gasteiger charge is 2.42. The van der Waals surface area contributed by atoms with Crippen LogP contribution >= 0.6 is 0 Å². The van der Waals surface area contributed by atoms with Crippen molar-refractivity contribution in [2.75, 3.05) is 26.2 Å². The molecule has 0 radical (unpaired) electrons. The van der Waals surface area contributed by atoms with Crippen LogP contribution in [0.15, 0.2) is 54.9 Å². The fourth-order valence-electron chi connectivity index (χ4n) is 4.07. The first-order chi connectivity index (χ1) is 12.8. The summed E-state index contributed by atoms with van der Waals surface area (Å²) in [6.07, 6.45) is 8.26. The molecule has 4 rings (SSSR count). The second-order valence-electron chi connectivity index (χ2n) is 7.56. The Hall–Kier alpha value is -1.75. The Balaban J connectivity index is 1.20. The predicted molar refractivity (Wildman–Crippen MR) is 102 cm³/mol. The minimum Gasteiger partial charge on any atom is -0.372 e. The average Bonchev–Trinajstić information content (AvgIpc) is 3.10. The molecule has 2 aromatic rings. The zero-order chi connectivity index (χ0) is 17.7. The van der Waals surface area contributed by atoms with Crippen molar-refractivity contribution in [3.63, 3.8) is 0 Å². The Bertz CT molecular complexity index is 669. The molecule has 3 heterocycles. The maximum Gasteiger partial charge on any atom is 0.0840 e. The van der Waals surface area contributed by atoms with E-state index in [2.05, 4.69) is 40.2 Å². The van der Waals surface area contributed by atoms with Crippen molar-refractivity contribution in [1.29, 1.82) is 0 Å². The Morgan fingerprint density at radius 3 is 2.58 bits per heavy atom. The number of ether oxygens (including phenoxy) is 2. The normalized spacial score (nSPS) is 22.7. The van der Waals surface area contributed by atoms with Crippen molar-refractivity contribution in [3.8, 4) is 0 Å². The first-order valence-corrected chi connectivity index (χ1v) is 9.72. The summed E-state index contributed by atoms with van der Waals surface area (Å²) in [5, 5.41) is 0. The molecule has 0 unspecified atom stereocenters. The fraction of sp³-hybridized carbons (Fsp3) is 0.500. The van der Waals surface area contributed by atoms with Gasteiger partial charge in [0.15, 0.2) is 0 Å². The van der Waals surface area contributed by atoms with Crippen LogP contribution in [0, 0.1) is 0 Å². The van der Waals surface area contributed by atoms with Gasteiger partial charge in [-0.05, 0) is 42.5 Å². The fourth-order valence-corrected chi connectivity index (χ4v) is 4.07. The van der Waals surface area contributed by atoms with E-state index in [4.69, 9.17) is 9.47 Å². The van der Waals surface area contributed by atoms with Gasteiger partial charge in [-0.3, -0.25) is 4.98 Å². The lowest BCUT2D eigenvalue weighted by atomic mass is 9.88. The second-order valence-corrected chi connectivity index (χ2v) is 7.56. The van der Waals surface area contributed by atoms with Crippen LogP contribution in [0.1, 0.15) is 30.4 Å². The molecule has 1 aromatic carbocycles. The number of hydrogen-bond donors (Lipinski definition) is 0. The summed E-state index contributed by atoms with van der Waals surface area (Å²) in [6, 6.07) is 14.8. The number of aromatic nitrogens is 1. The van der Waals surface area contributed by atoms with Crippen LogP contribution in [0.2, 0.25) is 0 Å². The molecule has 1 aromatic heterocycles. The van der Waals surface area contributed by atoms with E-state index in [0.717, 1.165) is 51.9 Å². The van der Waals surface area contributed by atoms with Crippen molar-refractivity contribution in [2.24, 2.45) is 0 Å². The summed E-state index contributed by atoms with van der Waals surface area (Å²) in [7, 11) is 0. The van der Waals surface area contributed by atoms with Gasteiger partial charge in [-0.15, -0.1) is 0 Å². The number of likely N-dealkylation sites (tertiary alicyclic amines) is 1. The topological polar surface area (TPSA) is 34.6 Å². The van der Waals surface area contributed by atoms with Gasteiger partial charge >= 0.3 is 0 Å². The SMILES string of the molecule is c1ccc(CCN2CCC3(CC2)C[C@H](OCc2ccncc2)CO3)cc1. The highest BCUT2D eigenvalue weighted by molar-refractivity contribution is 5.15. The molecule has 0 aliphatic carbocycles. The lowest BCUT2D eigenvalue weighted by Crippen LogP contribution is -2.44. The Morgan fingerprint density at radius 2 is 1.81 bits per heavy atom.